The number of hydrogen-bond donors (Lipinski definition) is 1. The van der Waals surface area contributed by atoms with Gasteiger partial charge in [0.2, 0.25) is 0 Å². The largest absolute Gasteiger partial charge is 0.491 e. The summed E-state index contributed by atoms with van der Waals surface area (Å²) in [6.45, 7) is 6.07. The topological polar surface area (TPSA) is 54.8 Å². The molecule has 5 nitrogen and oxygen atoms in total. The molecule has 0 fully saturated rings. The highest BCUT2D eigenvalue weighted by molar-refractivity contribution is 5.35. The highest BCUT2D eigenvalue weighted by Crippen LogP contribution is 2.19. The van der Waals surface area contributed by atoms with E-state index < -0.39 is 6.10 Å². The highest BCUT2D eigenvalue weighted by Gasteiger charge is 2.11. The van der Waals surface area contributed by atoms with Crippen LogP contribution in [-0.2, 0) is 13.2 Å². The Morgan fingerprint density at radius 1 is 1.00 bits per heavy atom. The van der Waals surface area contributed by atoms with Crippen molar-refractivity contribution in [3.8, 4) is 11.5 Å². The average Bonchev–Trinajstić information content (AvgIpc) is 2.73. The zero-order valence-electron chi connectivity index (χ0n) is 17.9. The molecule has 30 heavy (non-hydrogen) atoms. The van der Waals surface area contributed by atoms with Crippen molar-refractivity contribution in [1.82, 2.24) is 9.88 Å². The first-order valence-electron chi connectivity index (χ1n) is 10.2. The molecule has 0 bridgehead atoms. The summed E-state index contributed by atoms with van der Waals surface area (Å²) >= 11 is 0. The highest BCUT2D eigenvalue weighted by atomic mass is 16.5. The molecule has 0 saturated heterocycles. The minimum absolute atomic E-state index is 0.272. The Balaban J connectivity index is 1.41. The molecule has 0 radical (unpaired) electrons. The standard InChI is InChI=1S/C25H30N2O3/c1-19-7-12-25(20(2)14-19)30-18-23(28)16-27(3)15-21-8-10-24(11-9-21)29-17-22-6-4-5-13-26-22/h4-14,23,28H,15-18H2,1-3H3. The van der Waals surface area contributed by atoms with Crippen molar-refractivity contribution in [2.45, 2.75) is 33.1 Å². The maximum Gasteiger partial charge on any atom is 0.130 e. The lowest BCUT2D eigenvalue weighted by atomic mass is 10.1. The number of ether oxygens (including phenoxy) is 2. The smallest absolute Gasteiger partial charge is 0.130 e. The third-order valence-corrected chi connectivity index (χ3v) is 4.77. The quantitative estimate of drug-likeness (QED) is 0.548. The number of likely N-dealkylation sites (N-methyl/N-ethyl adjacent to an activating group) is 1. The van der Waals surface area contributed by atoms with Crippen LogP contribution in [0.25, 0.3) is 0 Å². The maximum absolute atomic E-state index is 10.3. The second kappa shape index (κ2) is 10.8. The first-order chi connectivity index (χ1) is 14.5. The van der Waals surface area contributed by atoms with Crippen molar-refractivity contribution in [1.29, 1.82) is 0 Å². The molecule has 2 aromatic carbocycles. The Bertz CT molecular complexity index is 913. The lowest BCUT2D eigenvalue weighted by Gasteiger charge is -2.21. The molecule has 0 aliphatic heterocycles. The summed E-state index contributed by atoms with van der Waals surface area (Å²) in [6.07, 6.45) is 1.20. The van der Waals surface area contributed by atoms with E-state index in [0.717, 1.165) is 34.9 Å². The van der Waals surface area contributed by atoms with Crippen LogP contribution in [0.4, 0.5) is 0 Å². The number of hydrogen-bond acceptors (Lipinski definition) is 5. The molecule has 1 N–H and O–H groups in total. The molecule has 1 atom stereocenters. The number of aryl methyl sites for hydroxylation is 2. The summed E-state index contributed by atoms with van der Waals surface area (Å²) in [5.74, 6) is 1.64. The van der Waals surface area contributed by atoms with Crippen LogP contribution in [0.5, 0.6) is 11.5 Å². The van der Waals surface area contributed by atoms with Gasteiger partial charge in [0, 0.05) is 19.3 Å². The summed E-state index contributed by atoms with van der Waals surface area (Å²) in [6, 6.07) is 19.9. The fourth-order valence-electron chi connectivity index (χ4n) is 3.27. The van der Waals surface area contributed by atoms with Gasteiger partial charge in [0.25, 0.3) is 0 Å². The number of pyridine rings is 1. The molecule has 0 saturated carbocycles. The molecule has 0 spiro atoms. The van der Waals surface area contributed by atoms with E-state index in [9.17, 15) is 5.11 Å². The fraction of sp³-hybridized carbons (Fsp3) is 0.320. The van der Waals surface area contributed by atoms with Crippen molar-refractivity contribution in [3.63, 3.8) is 0 Å². The third-order valence-electron chi connectivity index (χ3n) is 4.77. The van der Waals surface area contributed by atoms with E-state index >= 15 is 0 Å². The van der Waals surface area contributed by atoms with Crippen LogP contribution < -0.4 is 9.47 Å². The molecule has 3 aromatic rings. The molecule has 1 aromatic heterocycles. The van der Waals surface area contributed by atoms with Gasteiger partial charge in [0.15, 0.2) is 0 Å². The van der Waals surface area contributed by atoms with Gasteiger partial charge in [-0.3, -0.25) is 9.88 Å². The number of benzene rings is 2. The van der Waals surface area contributed by atoms with Crippen LogP contribution in [0.15, 0.2) is 66.9 Å². The SMILES string of the molecule is Cc1ccc(OCC(O)CN(C)Cc2ccc(OCc3ccccn3)cc2)c(C)c1. The van der Waals surface area contributed by atoms with E-state index in [-0.39, 0.29) is 6.61 Å². The van der Waals surface area contributed by atoms with Crippen molar-refractivity contribution in [2.75, 3.05) is 20.2 Å². The van der Waals surface area contributed by atoms with E-state index in [4.69, 9.17) is 9.47 Å². The Kier molecular flexibility index (Phi) is 7.82. The monoisotopic (exact) mass is 406 g/mol. The van der Waals surface area contributed by atoms with Crippen LogP contribution in [0.2, 0.25) is 0 Å². The number of aliphatic hydroxyl groups is 1. The van der Waals surface area contributed by atoms with Crippen LogP contribution >= 0.6 is 0 Å². The first-order valence-corrected chi connectivity index (χ1v) is 10.2. The van der Waals surface area contributed by atoms with Gasteiger partial charge in [-0.2, -0.15) is 0 Å². The molecular weight excluding hydrogens is 376 g/mol. The Morgan fingerprint density at radius 2 is 1.80 bits per heavy atom. The maximum atomic E-state index is 10.3. The number of aromatic nitrogens is 1. The van der Waals surface area contributed by atoms with Gasteiger partial charge < -0.3 is 14.6 Å². The van der Waals surface area contributed by atoms with Crippen molar-refractivity contribution in [3.05, 3.63) is 89.2 Å². The summed E-state index contributed by atoms with van der Waals surface area (Å²) in [4.78, 5) is 6.34. The zero-order chi connectivity index (χ0) is 21.3. The minimum Gasteiger partial charge on any atom is -0.491 e. The van der Waals surface area contributed by atoms with Gasteiger partial charge in [0.1, 0.15) is 30.8 Å². The normalized spacial score (nSPS) is 12.0. The average molecular weight is 407 g/mol. The summed E-state index contributed by atoms with van der Waals surface area (Å²) < 4.78 is 11.6. The molecule has 0 aliphatic rings. The van der Waals surface area contributed by atoms with Gasteiger partial charge in [-0.1, -0.05) is 35.9 Å². The summed E-state index contributed by atoms with van der Waals surface area (Å²) in [7, 11) is 1.99. The molecule has 0 aliphatic carbocycles. The van der Waals surface area contributed by atoms with Gasteiger partial charge >= 0.3 is 0 Å². The lowest BCUT2D eigenvalue weighted by Crippen LogP contribution is -2.32. The van der Waals surface area contributed by atoms with Crippen LogP contribution in [0.3, 0.4) is 0 Å². The predicted octanol–water partition coefficient (Wildman–Crippen LogP) is 4.15. The fourth-order valence-corrected chi connectivity index (χ4v) is 3.27. The Labute approximate surface area is 178 Å². The molecule has 158 valence electrons. The summed E-state index contributed by atoms with van der Waals surface area (Å²) in [5, 5.41) is 10.3. The van der Waals surface area contributed by atoms with Crippen LogP contribution in [-0.4, -0.2) is 41.3 Å². The first kappa shape index (κ1) is 21.8. The predicted molar refractivity (Wildman–Crippen MR) is 119 cm³/mol. The molecule has 1 heterocycles. The molecule has 0 amide bonds. The number of aliphatic hydroxyl groups excluding tert-OH is 1. The summed E-state index contributed by atoms with van der Waals surface area (Å²) in [5.41, 5.74) is 4.35. The Morgan fingerprint density at radius 3 is 2.50 bits per heavy atom. The van der Waals surface area contributed by atoms with E-state index in [1.165, 1.54) is 5.56 Å². The van der Waals surface area contributed by atoms with Crippen molar-refractivity contribution in [2.24, 2.45) is 0 Å². The number of rotatable bonds is 10. The van der Waals surface area contributed by atoms with Crippen molar-refractivity contribution < 1.29 is 14.6 Å². The second-order valence-corrected chi connectivity index (χ2v) is 7.68. The third kappa shape index (κ3) is 6.87. The molecular formula is C25H30N2O3. The van der Waals surface area contributed by atoms with E-state index in [2.05, 4.69) is 22.9 Å². The lowest BCUT2D eigenvalue weighted by molar-refractivity contribution is 0.0741. The Hall–Kier alpha value is -2.89. The van der Waals surface area contributed by atoms with Crippen molar-refractivity contribution >= 4 is 0 Å². The molecule has 3 rings (SSSR count). The van der Waals surface area contributed by atoms with Gasteiger partial charge in [-0.15, -0.1) is 0 Å². The van der Waals surface area contributed by atoms with E-state index in [1.54, 1.807) is 6.20 Å². The number of nitrogens with zero attached hydrogens (tertiary/aromatic N) is 2. The van der Waals surface area contributed by atoms with Gasteiger partial charge in [0.05, 0.1) is 5.69 Å². The van der Waals surface area contributed by atoms with Gasteiger partial charge in [-0.05, 0) is 62.4 Å². The van der Waals surface area contributed by atoms with E-state index in [1.807, 2.05) is 68.6 Å². The van der Waals surface area contributed by atoms with Crippen LogP contribution in [0.1, 0.15) is 22.4 Å². The zero-order valence-corrected chi connectivity index (χ0v) is 17.9. The van der Waals surface area contributed by atoms with Crippen LogP contribution in [0, 0.1) is 13.8 Å². The molecule has 5 heteroatoms. The van der Waals surface area contributed by atoms with Gasteiger partial charge in [-0.25, -0.2) is 0 Å². The van der Waals surface area contributed by atoms with E-state index in [0.29, 0.717) is 13.2 Å². The second-order valence-electron chi connectivity index (χ2n) is 7.68. The minimum atomic E-state index is -0.559. The molecule has 1 unspecified atom stereocenters.